The lowest BCUT2D eigenvalue weighted by Crippen LogP contribution is -2.10. The third kappa shape index (κ3) is 4.03. The van der Waals surface area contributed by atoms with Crippen LogP contribution < -0.4 is 10.9 Å². The van der Waals surface area contributed by atoms with Gasteiger partial charge in [0.2, 0.25) is 5.95 Å². The van der Waals surface area contributed by atoms with Gasteiger partial charge in [-0.15, -0.1) is 0 Å². The quantitative estimate of drug-likeness (QED) is 0.894. The van der Waals surface area contributed by atoms with Crippen molar-refractivity contribution in [3.63, 3.8) is 0 Å². The zero-order valence-corrected chi connectivity index (χ0v) is 11.3. The number of aromatic nitrogens is 2. The van der Waals surface area contributed by atoms with Crippen LogP contribution in [-0.2, 0) is 0 Å². The van der Waals surface area contributed by atoms with Gasteiger partial charge in [0.05, 0.1) is 6.20 Å². The van der Waals surface area contributed by atoms with Gasteiger partial charge in [0.1, 0.15) is 4.47 Å². The molecule has 4 nitrogen and oxygen atoms in total. The number of hydrogen-bond donors (Lipinski definition) is 2. The number of anilines is 2. The first kappa shape index (κ1) is 13.4. The van der Waals surface area contributed by atoms with Gasteiger partial charge >= 0.3 is 0 Å². The van der Waals surface area contributed by atoms with Crippen molar-refractivity contribution >= 4 is 27.6 Å². The first-order valence-electron chi connectivity index (χ1n) is 5.32. The normalized spacial score (nSPS) is 9.12. The topological polar surface area (TPSA) is 57.8 Å². The number of rotatable bonds is 2. The Bertz CT molecular complexity index is 511. The SMILES string of the molecule is CC.O=c1[nH]c(Nc2ccccc2)ncc1Br. The number of nitrogens with one attached hydrogen (secondary N) is 2. The Kier molecular flexibility index (Phi) is 5.42. The molecule has 1 aromatic carbocycles. The van der Waals surface area contributed by atoms with E-state index in [9.17, 15) is 4.79 Å². The van der Waals surface area contributed by atoms with E-state index in [1.807, 2.05) is 44.2 Å². The summed E-state index contributed by atoms with van der Waals surface area (Å²) in [5.41, 5.74) is 0.673. The number of hydrogen-bond acceptors (Lipinski definition) is 3. The van der Waals surface area contributed by atoms with Gasteiger partial charge < -0.3 is 5.32 Å². The average Bonchev–Trinajstić information content (AvgIpc) is 2.38. The summed E-state index contributed by atoms with van der Waals surface area (Å²) >= 11 is 3.08. The van der Waals surface area contributed by atoms with Crippen molar-refractivity contribution in [1.29, 1.82) is 0 Å². The van der Waals surface area contributed by atoms with Gasteiger partial charge in [0.15, 0.2) is 0 Å². The van der Waals surface area contributed by atoms with Crippen molar-refractivity contribution in [1.82, 2.24) is 9.97 Å². The molecule has 0 fully saturated rings. The summed E-state index contributed by atoms with van der Waals surface area (Å²) in [7, 11) is 0. The molecule has 0 atom stereocenters. The van der Waals surface area contributed by atoms with Crippen LogP contribution in [0.3, 0.4) is 0 Å². The predicted octanol–water partition coefficient (Wildman–Crippen LogP) is 3.30. The van der Waals surface area contributed by atoms with E-state index in [-0.39, 0.29) is 5.56 Å². The fourth-order valence-corrected chi connectivity index (χ4v) is 1.30. The Hall–Kier alpha value is -1.62. The first-order chi connectivity index (χ1) is 8.25. The van der Waals surface area contributed by atoms with Crippen LogP contribution in [-0.4, -0.2) is 9.97 Å². The molecule has 0 bridgehead atoms. The van der Waals surface area contributed by atoms with E-state index in [0.29, 0.717) is 10.4 Å². The maximum Gasteiger partial charge on any atom is 0.266 e. The highest BCUT2D eigenvalue weighted by atomic mass is 79.9. The number of benzene rings is 1. The van der Waals surface area contributed by atoms with E-state index in [4.69, 9.17) is 0 Å². The summed E-state index contributed by atoms with van der Waals surface area (Å²) in [6.07, 6.45) is 1.46. The van der Waals surface area contributed by atoms with Gasteiger partial charge in [0.25, 0.3) is 5.56 Å². The van der Waals surface area contributed by atoms with E-state index in [0.717, 1.165) is 5.69 Å². The number of nitrogens with zero attached hydrogens (tertiary/aromatic N) is 1. The van der Waals surface area contributed by atoms with Crippen molar-refractivity contribution in [3.8, 4) is 0 Å². The summed E-state index contributed by atoms with van der Waals surface area (Å²) in [6, 6.07) is 9.51. The molecule has 2 aromatic rings. The lowest BCUT2D eigenvalue weighted by atomic mass is 10.3. The van der Waals surface area contributed by atoms with Crippen molar-refractivity contribution in [2.75, 3.05) is 5.32 Å². The van der Waals surface area contributed by atoms with Gasteiger partial charge in [-0.25, -0.2) is 4.98 Å². The van der Waals surface area contributed by atoms with E-state index < -0.39 is 0 Å². The second-order valence-corrected chi connectivity index (χ2v) is 3.75. The van der Waals surface area contributed by atoms with Crippen LogP contribution in [0.4, 0.5) is 11.6 Å². The highest BCUT2D eigenvalue weighted by molar-refractivity contribution is 9.10. The highest BCUT2D eigenvalue weighted by Gasteiger charge is 1.98. The molecule has 0 radical (unpaired) electrons. The minimum atomic E-state index is -0.205. The summed E-state index contributed by atoms with van der Waals surface area (Å²) in [4.78, 5) is 17.9. The van der Waals surface area contributed by atoms with Gasteiger partial charge in [-0.3, -0.25) is 9.78 Å². The molecule has 0 amide bonds. The largest absolute Gasteiger partial charge is 0.326 e. The Morgan fingerprint density at radius 1 is 1.24 bits per heavy atom. The lowest BCUT2D eigenvalue weighted by molar-refractivity contribution is 1.10. The monoisotopic (exact) mass is 295 g/mol. The second-order valence-electron chi connectivity index (χ2n) is 2.90. The third-order valence-corrected chi connectivity index (χ3v) is 2.36. The fourth-order valence-electron chi connectivity index (χ4n) is 1.10. The molecule has 0 aliphatic carbocycles. The van der Waals surface area contributed by atoms with Gasteiger partial charge in [-0.2, -0.15) is 0 Å². The van der Waals surface area contributed by atoms with Crippen LogP contribution in [0.25, 0.3) is 0 Å². The molecule has 0 aliphatic heterocycles. The van der Waals surface area contributed by atoms with Crippen LogP contribution in [0.1, 0.15) is 13.8 Å². The lowest BCUT2D eigenvalue weighted by Gasteiger charge is -2.03. The Balaban J connectivity index is 0.000000686. The molecule has 1 heterocycles. The minimum absolute atomic E-state index is 0.205. The molecule has 17 heavy (non-hydrogen) atoms. The number of H-pyrrole nitrogens is 1. The van der Waals surface area contributed by atoms with E-state index in [1.54, 1.807) is 0 Å². The summed E-state index contributed by atoms with van der Waals surface area (Å²) in [5.74, 6) is 0.425. The Morgan fingerprint density at radius 3 is 2.47 bits per heavy atom. The molecular weight excluding hydrogens is 282 g/mol. The zero-order chi connectivity index (χ0) is 12.7. The third-order valence-electron chi connectivity index (χ3n) is 1.79. The zero-order valence-electron chi connectivity index (χ0n) is 9.70. The number of para-hydroxylation sites is 1. The molecular formula is C12H14BrN3O. The fraction of sp³-hybridized carbons (Fsp3) is 0.167. The molecule has 2 N–H and O–H groups in total. The number of aromatic amines is 1. The van der Waals surface area contributed by atoms with Crippen LogP contribution in [0.2, 0.25) is 0 Å². The molecule has 90 valence electrons. The molecule has 0 unspecified atom stereocenters. The summed E-state index contributed by atoms with van der Waals surface area (Å²) in [5, 5.41) is 2.98. The van der Waals surface area contributed by atoms with Crippen LogP contribution >= 0.6 is 15.9 Å². The molecule has 2 rings (SSSR count). The maximum absolute atomic E-state index is 11.2. The molecule has 0 spiro atoms. The smallest absolute Gasteiger partial charge is 0.266 e. The molecule has 0 aliphatic rings. The minimum Gasteiger partial charge on any atom is -0.326 e. The van der Waals surface area contributed by atoms with E-state index in [1.165, 1.54) is 6.20 Å². The Labute approximate surface area is 108 Å². The summed E-state index contributed by atoms with van der Waals surface area (Å²) < 4.78 is 0.418. The van der Waals surface area contributed by atoms with Gasteiger partial charge in [-0.05, 0) is 28.1 Å². The van der Waals surface area contributed by atoms with Crippen molar-refractivity contribution in [2.24, 2.45) is 0 Å². The average molecular weight is 296 g/mol. The standard InChI is InChI=1S/C10H8BrN3O.C2H6/c11-8-6-12-10(14-9(8)15)13-7-4-2-1-3-5-7;1-2/h1-6H,(H2,12,13,14,15);1-2H3. The predicted molar refractivity (Wildman–Crippen MR) is 73.6 cm³/mol. The second kappa shape index (κ2) is 6.85. The number of halogens is 1. The van der Waals surface area contributed by atoms with Crippen molar-refractivity contribution in [2.45, 2.75) is 13.8 Å². The van der Waals surface area contributed by atoms with Crippen LogP contribution in [0.5, 0.6) is 0 Å². The molecule has 0 saturated carbocycles. The maximum atomic E-state index is 11.2. The molecule has 0 saturated heterocycles. The summed E-state index contributed by atoms with van der Waals surface area (Å²) in [6.45, 7) is 4.00. The molecule has 1 aromatic heterocycles. The highest BCUT2D eigenvalue weighted by Crippen LogP contribution is 2.10. The van der Waals surface area contributed by atoms with Gasteiger partial charge in [-0.1, -0.05) is 32.0 Å². The molecule has 5 heteroatoms. The Morgan fingerprint density at radius 2 is 1.88 bits per heavy atom. The van der Waals surface area contributed by atoms with E-state index >= 15 is 0 Å². The first-order valence-corrected chi connectivity index (χ1v) is 6.12. The van der Waals surface area contributed by atoms with Crippen molar-refractivity contribution < 1.29 is 0 Å². The van der Waals surface area contributed by atoms with Gasteiger partial charge in [0, 0.05) is 5.69 Å². The van der Waals surface area contributed by atoms with Crippen LogP contribution in [0.15, 0.2) is 45.8 Å². The van der Waals surface area contributed by atoms with Crippen molar-refractivity contribution in [3.05, 3.63) is 51.4 Å². The van der Waals surface area contributed by atoms with E-state index in [2.05, 4.69) is 31.2 Å². The van der Waals surface area contributed by atoms with Crippen LogP contribution in [0, 0.1) is 0 Å².